The van der Waals surface area contributed by atoms with Crippen LogP contribution in [0.4, 0.5) is 0 Å². The minimum atomic E-state index is -1.25. The zero-order valence-corrected chi connectivity index (χ0v) is 13.6. The van der Waals surface area contributed by atoms with Gasteiger partial charge in [-0.2, -0.15) is 0 Å². The monoisotopic (exact) mass is 329 g/mol. The van der Waals surface area contributed by atoms with Crippen LogP contribution in [0.25, 0.3) is 0 Å². The topological polar surface area (TPSA) is 105 Å². The SMILES string of the molecule is CCOC(=O)C1=C[C@@H](OC(CC)CC)[C@H](OC=O)C([N+](=O)[O-])C1. The molecule has 0 aromatic rings. The fraction of sp³-hybridized carbons (Fsp3) is 0.733. The number of ether oxygens (including phenoxy) is 3. The molecule has 23 heavy (non-hydrogen) atoms. The van der Waals surface area contributed by atoms with E-state index in [0.29, 0.717) is 12.8 Å². The second-order valence-corrected chi connectivity index (χ2v) is 5.21. The lowest BCUT2D eigenvalue weighted by molar-refractivity contribution is -0.536. The highest BCUT2D eigenvalue weighted by atomic mass is 16.6. The van der Waals surface area contributed by atoms with Gasteiger partial charge >= 0.3 is 5.97 Å². The van der Waals surface area contributed by atoms with Crippen LogP contribution in [-0.2, 0) is 23.8 Å². The van der Waals surface area contributed by atoms with Crippen molar-refractivity contribution in [2.24, 2.45) is 0 Å². The molecule has 0 fully saturated rings. The molecule has 0 aliphatic heterocycles. The van der Waals surface area contributed by atoms with Gasteiger partial charge in [-0.15, -0.1) is 0 Å². The molecule has 1 aliphatic carbocycles. The number of rotatable bonds is 9. The van der Waals surface area contributed by atoms with Crippen LogP contribution in [0, 0.1) is 10.1 Å². The molecule has 0 saturated carbocycles. The summed E-state index contributed by atoms with van der Waals surface area (Å²) in [5, 5.41) is 11.3. The van der Waals surface area contributed by atoms with Crippen LogP contribution in [0.2, 0.25) is 0 Å². The Morgan fingerprint density at radius 3 is 2.57 bits per heavy atom. The molecular weight excluding hydrogens is 306 g/mol. The van der Waals surface area contributed by atoms with Crippen LogP contribution in [0.3, 0.4) is 0 Å². The minimum Gasteiger partial charge on any atom is -0.463 e. The molecular formula is C15H23NO7. The molecule has 8 heteroatoms. The molecule has 0 heterocycles. The Hall–Kier alpha value is -1.96. The molecule has 0 aromatic heterocycles. The first-order valence-corrected chi connectivity index (χ1v) is 7.74. The van der Waals surface area contributed by atoms with Crippen molar-refractivity contribution >= 4 is 12.4 Å². The summed E-state index contributed by atoms with van der Waals surface area (Å²) in [4.78, 5) is 33.4. The summed E-state index contributed by atoms with van der Waals surface area (Å²) in [5.41, 5.74) is 0.176. The summed E-state index contributed by atoms with van der Waals surface area (Å²) in [6.45, 7) is 5.85. The molecule has 0 saturated heterocycles. The Labute approximate surface area is 134 Å². The van der Waals surface area contributed by atoms with Crippen LogP contribution in [-0.4, -0.2) is 48.3 Å². The zero-order valence-electron chi connectivity index (χ0n) is 13.6. The van der Waals surface area contributed by atoms with Crippen molar-refractivity contribution in [2.45, 2.75) is 64.4 Å². The number of nitrogens with zero attached hydrogens (tertiary/aromatic N) is 1. The molecule has 1 aliphatic rings. The number of hydrogen-bond donors (Lipinski definition) is 0. The summed E-state index contributed by atoms with van der Waals surface area (Å²) in [6.07, 6.45) is 0.647. The molecule has 0 radical (unpaired) electrons. The number of hydrogen-bond acceptors (Lipinski definition) is 7. The van der Waals surface area contributed by atoms with Crippen LogP contribution in [0.15, 0.2) is 11.6 Å². The second-order valence-electron chi connectivity index (χ2n) is 5.21. The summed E-state index contributed by atoms with van der Waals surface area (Å²) in [5.74, 6) is -0.609. The van der Waals surface area contributed by atoms with Gasteiger partial charge in [0.25, 0.3) is 12.5 Å². The van der Waals surface area contributed by atoms with Gasteiger partial charge in [-0.05, 0) is 25.8 Å². The van der Waals surface area contributed by atoms with E-state index in [9.17, 15) is 19.7 Å². The summed E-state index contributed by atoms with van der Waals surface area (Å²) in [7, 11) is 0. The van der Waals surface area contributed by atoms with Gasteiger partial charge in [-0.25, -0.2) is 4.79 Å². The normalized spacial score (nSPS) is 24.0. The second kappa shape index (κ2) is 9.24. The average molecular weight is 329 g/mol. The lowest BCUT2D eigenvalue weighted by Crippen LogP contribution is -2.49. The maximum atomic E-state index is 11.9. The molecule has 0 N–H and O–H groups in total. The Balaban J connectivity index is 3.12. The van der Waals surface area contributed by atoms with Crippen molar-refractivity contribution in [3.8, 4) is 0 Å². The Morgan fingerprint density at radius 1 is 1.43 bits per heavy atom. The van der Waals surface area contributed by atoms with E-state index in [-0.39, 0.29) is 31.2 Å². The first kappa shape index (κ1) is 19.1. The van der Waals surface area contributed by atoms with Gasteiger partial charge in [0, 0.05) is 10.5 Å². The van der Waals surface area contributed by atoms with Crippen LogP contribution in [0.1, 0.15) is 40.0 Å². The van der Waals surface area contributed by atoms with Crippen molar-refractivity contribution < 1.29 is 28.7 Å². The van der Waals surface area contributed by atoms with E-state index in [2.05, 4.69) is 0 Å². The van der Waals surface area contributed by atoms with Gasteiger partial charge in [0.05, 0.1) is 19.1 Å². The van der Waals surface area contributed by atoms with E-state index >= 15 is 0 Å². The zero-order chi connectivity index (χ0) is 17.4. The van der Waals surface area contributed by atoms with E-state index in [1.807, 2.05) is 13.8 Å². The summed E-state index contributed by atoms with van der Waals surface area (Å²) >= 11 is 0. The summed E-state index contributed by atoms with van der Waals surface area (Å²) < 4.78 is 15.6. The first-order valence-electron chi connectivity index (χ1n) is 7.74. The Kier molecular flexibility index (Phi) is 7.67. The third-order valence-electron chi connectivity index (χ3n) is 3.78. The van der Waals surface area contributed by atoms with E-state index in [4.69, 9.17) is 14.2 Å². The fourth-order valence-electron chi connectivity index (χ4n) is 2.54. The highest BCUT2D eigenvalue weighted by Gasteiger charge is 2.45. The average Bonchev–Trinajstić information content (AvgIpc) is 2.53. The van der Waals surface area contributed by atoms with Crippen LogP contribution in [0.5, 0.6) is 0 Å². The van der Waals surface area contributed by atoms with E-state index in [0.717, 1.165) is 0 Å². The maximum Gasteiger partial charge on any atom is 0.334 e. The molecule has 1 unspecified atom stereocenters. The predicted octanol–water partition coefficient (Wildman–Crippen LogP) is 1.64. The standard InChI is InChI=1S/C15H23NO7/c1-4-11(5-2)23-13-8-10(15(18)21-6-3)7-12(16(19)20)14(13)22-9-17/h8-9,11-14H,4-7H2,1-3H3/t12?,13-,14-/m1/s1. The van der Waals surface area contributed by atoms with Crippen LogP contribution >= 0.6 is 0 Å². The van der Waals surface area contributed by atoms with Crippen LogP contribution < -0.4 is 0 Å². The number of esters is 1. The van der Waals surface area contributed by atoms with Gasteiger partial charge in [-0.1, -0.05) is 13.8 Å². The third kappa shape index (κ3) is 5.02. The lowest BCUT2D eigenvalue weighted by atomic mass is 9.90. The lowest BCUT2D eigenvalue weighted by Gasteiger charge is -2.32. The molecule has 0 aromatic carbocycles. The smallest absolute Gasteiger partial charge is 0.334 e. The Bertz CT molecular complexity index is 459. The first-order chi connectivity index (χ1) is 11.0. The Morgan fingerprint density at radius 2 is 2.09 bits per heavy atom. The van der Waals surface area contributed by atoms with Crippen molar-refractivity contribution in [3.05, 3.63) is 21.8 Å². The van der Waals surface area contributed by atoms with Crippen molar-refractivity contribution in [1.82, 2.24) is 0 Å². The predicted molar refractivity (Wildman–Crippen MR) is 80.3 cm³/mol. The van der Waals surface area contributed by atoms with Gasteiger partial charge in [-0.3, -0.25) is 14.9 Å². The molecule has 0 spiro atoms. The third-order valence-corrected chi connectivity index (χ3v) is 3.78. The van der Waals surface area contributed by atoms with Crippen molar-refractivity contribution in [1.29, 1.82) is 0 Å². The van der Waals surface area contributed by atoms with E-state index < -0.39 is 29.1 Å². The van der Waals surface area contributed by atoms with Gasteiger partial charge in [0.2, 0.25) is 0 Å². The van der Waals surface area contributed by atoms with Gasteiger partial charge < -0.3 is 14.2 Å². The maximum absolute atomic E-state index is 11.9. The highest BCUT2D eigenvalue weighted by molar-refractivity contribution is 5.89. The number of carbonyl (C=O) groups excluding carboxylic acids is 2. The number of nitro groups is 1. The van der Waals surface area contributed by atoms with Gasteiger partial charge in [0.15, 0.2) is 6.10 Å². The molecule has 1 rings (SSSR count). The van der Waals surface area contributed by atoms with Gasteiger partial charge in [0.1, 0.15) is 6.10 Å². The highest BCUT2D eigenvalue weighted by Crippen LogP contribution is 2.28. The van der Waals surface area contributed by atoms with Crippen molar-refractivity contribution in [3.63, 3.8) is 0 Å². The minimum absolute atomic E-state index is 0.150. The molecule has 3 atom stereocenters. The largest absolute Gasteiger partial charge is 0.463 e. The quantitative estimate of drug-likeness (QED) is 0.274. The molecule has 130 valence electrons. The fourth-order valence-corrected chi connectivity index (χ4v) is 2.54. The molecule has 0 amide bonds. The molecule has 0 bridgehead atoms. The van der Waals surface area contributed by atoms with E-state index in [1.165, 1.54) is 6.08 Å². The van der Waals surface area contributed by atoms with E-state index in [1.54, 1.807) is 6.92 Å². The number of carbonyl (C=O) groups is 2. The molecule has 8 nitrogen and oxygen atoms in total. The van der Waals surface area contributed by atoms with Crippen molar-refractivity contribution in [2.75, 3.05) is 6.61 Å². The summed E-state index contributed by atoms with van der Waals surface area (Å²) in [6, 6.07) is -1.25.